The predicted octanol–water partition coefficient (Wildman–Crippen LogP) is 4.57. The van der Waals surface area contributed by atoms with Gasteiger partial charge in [-0.1, -0.05) is 38.3 Å². The number of anilines is 1. The lowest BCUT2D eigenvalue weighted by atomic mass is 9.88. The number of aromatic nitrogens is 2. The molecule has 1 saturated carbocycles. The number of hydrogen-bond donors (Lipinski definition) is 0. The monoisotopic (exact) mass is 450 g/mol. The summed E-state index contributed by atoms with van der Waals surface area (Å²) in [5.41, 5.74) is 3.55. The van der Waals surface area contributed by atoms with Crippen LogP contribution in [0, 0.1) is 12.8 Å². The van der Waals surface area contributed by atoms with Gasteiger partial charge in [0, 0.05) is 49.8 Å². The van der Waals surface area contributed by atoms with Gasteiger partial charge in [-0.25, -0.2) is 9.97 Å². The van der Waals surface area contributed by atoms with E-state index in [1.807, 2.05) is 19.1 Å². The summed E-state index contributed by atoms with van der Waals surface area (Å²) in [7, 11) is 1.69. The van der Waals surface area contributed by atoms with E-state index < -0.39 is 0 Å². The molecule has 0 N–H and O–H groups in total. The molecule has 6 heteroatoms. The van der Waals surface area contributed by atoms with Crippen molar-refractivity contribution >= 4 is 11.7 Å². The highest BCUT2D eigenvalue weighted by Gasteiger charge is 2.28. The van der Waals surface area contributed by atoms with Crippen molar-refractivity contribution in [3.05, 3.63) is 46.9 Å². The number of amides is 1. The van der Waals surface area contributed by atoms with Gasteiger partial charge < -0.3 is 14.5 Å². The zero-order valence-corrected chi connectivity index (χ0v) is 20.5. The van der Waals surface area contributed by atoms with Crippen molar-refractivity contribution in [1.29, 1.82) is 0 Å². The first-order chi connectivity index (χ1) is 16.1. The quantitative estimate of drug-likeness (QED) is 0.645. The molecule has 2 aromatic rings. The van der Waals surface area contributed by atoms with Gasteiger partial charge in [0.15, 0.2) is 0 Å². The van der Waals surface area contributed by atoms with E-state index in [9.17, 15) is 4.79 Å². The number of aryl methyl sites for hydroxylation is 2. The fourth-order valence-electron chi connectivity index (χ4n) is 5.28. The highest BCUT2D eigenvalue weighted by molar-refractivity contribution is 5.79. The molecule has 1 saturated heterocycles. The zero-order chi connectivity index (χ0) is 23.2. The molecule has 33 heavy (non-hydrogen) atoms. The van der Waals surface area contributed by atoms with Crippen LogP contribution in [-0.4, -0.2) is 54.1 Å². The van der Waals surface area contributed by atoms with Crippen LogP contribution in [0.3, 0.4) is 0 Å². The molecule has 0 unspecified atom stereocenters. The van der Waals surface area contributed by atoms with Gasteiger partial charge in [-0.15, -0.1) is 0 Å². The van der Waals surface area contributed by atoms with Crippen molar-refractivity contribution in [2.75, 3.05) is 38.2 Å². The van der Waals surface area contributed by atoms with E-state index in [2.05, 4.69) is 28.9 Å². The second-order valence-electron chi connectivity index (χ2n) is 9.40. The lowest BCUT2D eigenvalue weighted by Gasteiger charge is -2.29. The second kappa shape index (κ2) is 11.0. The van der Waals surface area contributed by atoms with Crippen LogP contribution in [0.1, 0.15) is 68.1 Å². The maximum Gasteiger partial charge on any atom is 0.225 e. The van der Waals surface area contributed by atoms with Gasteiger partial charge in [-0.2, -0.15) is 0 Å². The number of rotatable bonds is 6. The first kappa shape index (κ1) is 23.5. The molecule has 1 aliphatic carbocycles. The molecule has 0 bridgehead atoms. The van der Waals surface area contributed by atoms with Crippen molar-refractivity contribution in [1.82, 2.24) is 14.9 Å². The van der Waals surface area contributed by atoms with Crippen molar-refractivity contribution < 1.29 is 9.53 Å². The number of nitrogens with zero attached hydrogens (tertiary/aromatic N) is 4. The third kappa shape index (κ3) is 5.66. The molecule has 178 valence electrons. The highest BCUT2D eigenvalue weighted by atomic mass is 16.5. The number of hydrogen-bond acceptors (Lipinski definition) is 5. The minimum Gasteiger partial charge on any atom is -0.497 e. The van der Waals surface area contributed by atoms with E-state index >= 15 is 0 Å². The molecular weight excluding hydrogens is 412 g/mol. The van der Waals surface area contributed by atoms with E-state index in [-0.39, 0.29) is 5.92 Å². The maximum atomic E-state index is 13.1. The number of ether oxygens (including phenoxy) is 1. The highest BCUT2D eigenvalue weighted by Crippen LogP contribution is 2.28. The topological polar surface area (TPSA) is 58.6 Å². The van der Waals surface area contributed by atoms with Crippen molar-refractivity contribution in [3.8, 4) is 5.75 Å². The molecule has 6 nitrogen and oxygen atoms in total. The summed E-state index contributed by atoms with van der Waals surface area (Å²) in [6.07, 6.45) is 8.46. The summed E-state index contributed by atoms with van der Waals surface area (Å²) in [6.45, 7) is 7.52. The van der Waals surface area contributed by atoms with Crippen LogP contribution in [0.5, 0.6) is 5.75 Å². The Hall–Kier alpha value is -2.63. The lowest BCUT2D eigenvalue weighted by molar-refractivity contribution is -0.136. The van der Waals surface area contributed by atoms with Crippen LogP contribution in [0.25, 0.3) is 0 Å². The van der Waals surface area contributed by atoms with Gasteiger partial charge in [0.1, 0.15) is 17.4 Å². The largest absolute Gasteiger partial charge is 0.497 e. The Morgan fingerprint density at radius 3 is 2.45 bits per heavy atom. The van der Waals surface area contributed by atoms with E-state index in [1.54, 1.807) is 7.11 Å². The third-order valence-electron chi connectivity index (χ3n) is 7.12. The normalized spacial score (nSPS) is 17.7. The average Bonchev–Trinajstić information content (AvgIpc) is 3.11. The summed E-state index contributed by atoms with van der Waals surface area (Å²) in [4.78, 5) is 27.3. The fraction of sp³-hybridized carbons (Fsp3) is 0.593. The van der Waals surface area contributed by atoms with Gasteiger partial charge in [-0.3, -0.25) is 4.79 Å². The Labute approximate surface area is 198 Å². The van der Waals surface area contributed by atoms with Crippen LogP contribution in [0.4, 0.5) is 5.82 Å². The minimum atomic E-state index is 0.240. The molecule has 0 spiro atoms. The van der Waals surface area contributed by atoms with Crippen molar-refractivity contribution in [3.63, 3.8) is 0 Å². The van der Waals surface area contributed by atoms with Crippen LogP contribution < -0.4 is 9.64 Å². The summed E-state index contributed by atoms with van der Waals surface area (Å²) < 4.78 is 5.32. The maximum absolute atomic E-state index is 13.1. The van der Waals surface area contributed by atoms with Gasteiger partial charge in [0.05, 0.1) is 7.11 Å². The standard InChI is InChI=1S/C27H38N4O2/c1-4-25-24(19-21-11-13-23(33-3)14-12-21)26(29-20(2)28-25)30-15-8-16-31(18-17-30)27(32)22-9-6-5-7-10-22/h11-14,22H,4-10,15-19H2,1-3H3. The smallest absolute Gasteiger partial charge is 0.225 e. The fourth-order valence-corrected chi connectivity index (χ4v) is 5.28. The number of methoxy groups -OCH3 is 1. The second-order valence-corrected chi connectivity index (χ2v) is 9.40. The Morgan fingerprint density at radius 1 is 1.00 bits per heavy atom. The SMILES string of the molecule is CCc1nc(C)nc(N2CCCN(C(=O)C3CCCCC3)CC2)c1Cc1ccc(OC)cc1. The summed E-state index contributed by atoms with van der Waals surface area (Å²) >= 11 is 0. The summed E-state index contributed by atoms with van der Waals surface area (Å²) in [5.74, 6) is 3.35. The lowest BCUT2D eigenvalue weighted by Crippen LogP contribution is -2.39. The number of carbonyl (C=O) groups is 1. The van der Waals surface area contributed by atoms with Crippen LogP contribution in [0.15, 0.2) is 24.3 Å². The first-order valence-electron chi connectivity index (χ1n) is 12.6. The Morgan fingerprint density at radius 2 is 1.76 bits per heavy atom. The van der Waals surface area contributed by atoms with Crippen molar-refractivity contribution in [2.45, 2.75) is 65.2 Å². The summed E-state index contributed by atoms with van der Waals surface area (Å²) in [6, 6.07) is 8.26. The molecule has 1 aromatic carbocycles. The Bertz CT molecular complexity index is 938. The predicted molar refractivity (Wildman–Crippen MR) is 132 cm³/mol. The van der Waals surface area contributed by atoms with Gasteiger partial charge in [0.2, 0.25) is 5.91 Å². The van der Waals surface area contributed by atoms with E-state index in [4.69, 9.17) is 14.7 Å². The minimum absolute atomic E-state index is 0.240. The van der Waals surface area contributed by atoms with Gasteiger partial charge in [-0.05, 0) is 50.3 Å². The average molecular weight is 451 g/mol. The number of carbonyl (C=O) groups excluding carboxylic acids is 1. The Balaban J connectivity index is 1.54. The molecule has 1 aromatic heterocycles. The van der Waals surface area contributed by atoms with E-state index in [0.29, 0.717) is 5.91 Å². The molecule has 4 rings (SSSR count). The van der Waals surface area contributed by atoms with E-state index in [1.165, 1.54) is 30.4 Å². The number of benzene rings is 1. The van der Waals surface area contributed by atoms with Crippen LogP contribution in [0.2, 0.25) is 0 Å². The van der Waals surface area contributed by atoms with Crippen LogP contribution >= 0.6 is 0 Å². The molecule has 0 radical (unpaired) electrons. The molecule has 0 atom stereocenters. The summed E-state index contributed by atoms with van der Waals surface area (Å²) in [5, 5.41) is 0. The molecular formula is C27H38N4O2. The van der Waals surface area contributed by atoms with Crippen molar-refractivity contribution in [2.24, 2.45) is 5.92 Å². The Kier molecular flexibility index (Phi) is 7.84. The van der Waals surface area contributed by atoms with Gasteiger partial charge in [0.25, 0.3) is 0 Å². The zero-order valence-electron chi connectivity index (χ0n) is 20.5. The molecule has 1 amide bonds. The van der Waals surface area contributed by atoms with Gasteiger partial charge >= 0.3 is 0 Å². The molecule has 1 aliphatic heterocycles. The first-order valence-corrected chi connectivity index (χ1v) is 12.6. The van der Waals surface area contributed by atoms with E-state index in [0.717, 1.165) is 81.4 Å². The molecule has 2 aliphatic rings. The molecule has 2 heterocycles. The molecule has 2 fully saturated rings. The van der Waals surface area contributed by atoms with Crippen LogP contribution in [-0.2, 0) is 17.6 Å². The third-order valence-corrected chi connectivity index (χ3v) is 7.12.